The highest BCUT2D eigenvalue weighted by molar-refractivity contribution is 9.10. The maximum Gasteiger partial charge on any atom is 0.289 e. The lowest BCUT2D eigenvalue weighted by molar-refractivity contribution is 0.0706. The standard InChI is InChI=1S/C21H20BrNO3/c1-25-18-6-2-4-14(11-18)10-17-5-3-9-23(17)21(24)20-13-15-12-16(22)7-8-19(15)26-20/h2,4,6-8,11-13,17H,3,5,9-10H2,1H3. The molecule has 1 amide bonds. The van der Waals surface area contributed by atoms with E-state index in [4.69, 9.17) is 9.15 Å². The van der Waals surface area contributed by atoms with Gasteiger partial charge in [-0.3, -0.25) is 4.79 Å². The fourth-order valence-corrected chi connectivity index (χ4v) is 4.03. The summed E-state index contributed by atoms with van der Waals surface area (Å²) in [4.78, 5) is 15.0. The maximum atomic E-state index is 13.0. The topological polar surface area (TPSA) is 42.7 Å². The Morgan fingerprint density at radius 1 is 1.27 bits per heavy atom. The number of amides is 1. The van der Waals surface area contributed by atoms with E-state index in [1.165, 1.54) is 5.56 Å². The van der Waals surface area contributed by atoms with E-state index in [1.807, 2.05) is 47.4 Å². The molecule has 1 aliphatic rings. The lowest BCUT2D eigenvalue weighted by Gasteiger charge is -2.24. The number of halogens is 1. The largest absolute Gasteiger partial charge is 0.497 e. The van der Waals surface area contributed by atoms with Crippen molar-refractivity contribution >= 4 is 32.8 Å². The van der Waals surface area contributed by atoms with E-state index in [2.05, 4.69) is 22.0 Å². The van der Waals surface area contributed by atoms with E-state index in [0.717, 1.165) is 47.0 Å². The van der Waals surface area contributed by atoms with Gasteiger partial charge in [-0.15, -0.1) is 0 Å². The molecule has 1 aromatic heterocycles. The Hall–Kier alpha value is -2.27. The fraction of sp³-hybridized carbons (Fsp3) is 0.286. The van der Waals surface area contributed by atoms with Crippen molar-refractivity contribution in [2.24, 2.45) is 0 Å². The summed E-state index contributed by atoms with van der Waals surface area (Å²) in [6.07, 6.45) is 2.86. The van der Waals surface area contributed by atoms with Crippen molar-refractivity contribution in [3.63, 3.8) is 0 Å². The van der Waals surface area contributed by atoms with Crippen LogP contribution in [0.25, 0.3) is 11.0 Å². The molecule has 0 N–H and O–H groups in total. The van der Waals surface area contributed by atoms with Crippen molar-refractivity contribution in [1.82, 2.24) is 4.90 Å². The highest BCUT2D eigenvalue weighted by Crippen LogP contribution is 2.28. The number of likely N-dealkylation sites (tertiary alicyclic amines) is 1. The van der Waals surface area contributed by atoms with Crippen LogP contribution >= 0.6 is 15.9 Å². The van der Waals surface area contributed by atoms with Crippen molar-refractivity contribution < 1.29 is 13.9 Å². The van der Waals surface area contributed by atoms with Gasteiger partial charge >= 0.3 is 0 Å². The van der Waals surface area contributed by atoms with Crippen LogP contribution < -0.4 is 4.74 Å². The van der Waals surface area contributed by atoms with Gasteiger partial charge in [0.15, 0.2) is 5.76 Å². The molecule has 4 nitrogen and oxygen atoms in total. The predicted octanol–water partition coefficient (Wildman–Crippen LogP) is 5.05. The number of nitrogens with zero attached hydrogens (tertiary/aromatic N) is 1. The van der Waals surface area contributed by atoms with Crippen LogP contribution in [0.1, 0.15) is 29.0 Å². The molecule has 1 unspecified atom stereocenters. The predicted molar refractivity (Wildman–Crippen MR) is 105 cm³/mol. The van der Waals surface area contributed by atoms with Gasteiger partial charge in [-0.25, -0.2) is 0 Å². The van der Waals surface area contributed by atoms with E-state index in [-0.39, 0.29) is 11.9 Å². The molecule has 3 aromatic rings. The zero-order valence-corrected chi connectivity index (χ0v) is 16.2. The Morgan fingerprint density at radius 2 is 2.15 bits per heavy atom. The third kappa shape index (κ3) is 3.36. The normalized spacial score (nSPS) is 17.0. The summed E-state index contributed by atoms with van der Waals surface area (Å²) in [6.45, 7) is 0.772. The smallest absolute Gasteiger partial charge is 0.289 e. The number of carbonyl (C=O) groups is 1. The molecule has 26 heavy (non-hydrogen) atoms. The van der Waals surface area contributed by atoms with Crippen LogP contribution in [0, 0.1) is 0 Å². The van der Waals surface area contributed by atoms with Gasteiger partial charge in [-0.1, -0.05) is 28.1 Å². The Kier molecular flexibility index (Phi) is 4.72. The maximum absolute atomic E-state index is 13.0. The molecule has 1 aliphatic heterocycles. The molecule has 1 atom stereocenters. The van der Waals surface area contributed by atoms with E-state index >= 15 is 0 Å². The van der Waals surface area contributed by atoms with Crippen LogP contribution in [0.3, 0.4) is 0 Å². The first kappa shape index (κ1) is 17.2. The Morgan fingerprint density at radius 3 is 3.00 bits per heavy atom. The van der Waals surface area contributed by atoms with Crippen LogP contribution in [-0.2, 0) is 6.42 Å². The van der Waals surface area contributed by atoms with Crippen LogP contribution in [0.5, 0.6) is 5.75 Å². The summed E-state index contributed by atoms with van der Waals surface area (Å²) >= 11 is 3.46. The summed E-state index contributed by atoms with van der Waals surface area (Å²) < 4.78 is 12.1. The minimum atomic E-state index is -0.0253. The van der Waals surface area contributed by atoms with Crippen LogP contribution in [0.4, 0.5) is 0 Å². The Bertz CT molecular complexity index is 949. The van der Waals surface area contributed by atoms with Gasteiger partial charge in [0.1, 0.15) is 11.3 Å². The first-order valence-corrected chi connectivity index (χ1v) is 9.56. The Balaban J connectivity index is 1.55. The molecule has 0 bridgehead atoms. The molecule has 1 fully saturated rings. The monoisotopic (exact) mass is 413 g/mol. The third-order valence-electron chi connectivity index (χ3n) is 4.93. The van der Waals surface area contributed by atoms with Crippen molar-refractivity contribution in [2.75, 3.05) is 13.7 Å². The van der Waals surface area contributed by atoms with E-state index < -0.39 is 0 Å². The van der Waals surface area contributed by atoms with Gasteiger partial charge in [0.2, 0.25) is 0 Å². The Labute approximate surface area is 160 Å². The molecule has 0 saturated carbocycles. The summed E-state index contributed by atoms with van der Waals surface area (Å²) in [5, 5.41) is 0.936. The van der Waals surface area contributed by atoms with Gasteiger partial charge in [0.05, 0.1) is 7.11 Å². The number of fused-ring (bicyclic) bond motifs is 1. The van der Waals surface area contributed by atoms with Gasteiger partial charge < -0.3 is 14.1 Å². The molecule has 5 heteroatoms. The second-order valence-corrected chi connectivity index (χ2v) is 7.56. The highest BCUT2D eigenvalue weighted by atomic mass is 79.9. The second-order valence-electron chi connectivity index (χ2n) is 6.64. The second kappa shape index (κ2) is 7.16. The molecule has 2 aromatic carbocycles. The zero-order valence-electron chi connectivity index (χ0n) is 14.6. The van der Waals surface area contributed by atoms with Crippen molar-refractivity contribution in [2.45, 2.75) is 25.3 Å². The average molecular weight is 414 g/mol. The lowest BCUT2D eigenvalue weighted by Crippen LogP contribution is -2.36. The summed E-state index contributed by atoms with van der Waals surface area (Å²) in [5.41, 5.74) is 1.92. The van der Waals surface area contributed by atoms with Crippen molar-refractivity contribution in [3.8, 4) is 5.75 Å². The third-order valence-corrected chi connectivity index (χ3v) is 5.43. The summed E-state index contributed by atoms with van der Waals surface area (Å²) in [6, 6.07) is 15.9. The average Bonchev–Trinajstić information content (AvgIpc) is 3.27. The summed E-state index contributed by atoms with van der Waals surface area (Å²) in [7, 11) is 1.67. The first-order valence-electron chi connectivity index (χ1n) is 8.77. The van der Waals surface area contributed by atoms with E-state index in [1.54, 1.807) is 7.11 Å². The molecule has 0 radical (unpaired) electrons. The van der Waals surface area contributed by atoms with E-state index in [0.29, 0.717) is 5.76 Å². The number of rotatable bonds is 4. The van der Waals surface area contributed by atoms with Gasteiger partial charge in [0.25, 0.3) is 5.91 Å². The van der Waals surface area contributed by atoms with E-state index in [9.17, 15) is 4.79 Å². The van der Waals surface area contributed by atoms with Crippen molar-refractivity contribution in [1.29, 1.82) is 0 Å². The molecular formula is C21H20BrNO3. The number of benzene rings is 2. The number of hydrogen-bond donors (Lipinski definition) is 0. The van der Waals surface area contributed by atoms with Crippen LogP contribution in [0.15, 0.2) is 57.4 Å². The molecule has 0 aliphatic carbocycles. The molecule has 1 saturated heterocycles. The zero-order chi connectivity index (χ0) is 18.1. The number of methoxy groups -OCH3 is 1. The molecule has 2 heterocycles. The first-order chi connectivity index (χ1) is 12.6. The minimum Gasteiger partial charge on any atom is -0.497 e. The molecular weight excluding hydrogens is 394 g/mol. The lowest BCUT2D eigenvalue weighted by atomic mass is 10.0. The number of carbonyl (C=O) groups excluding carboxylic acids is 1. The fourth-order valence-electron chi connectivity index (χ4n) is 3.65. The van der Waals surface area contributed by atoms with Crippen LogP contribution in [-0.4, -0.2) is 30.5 Å². The van der Waals surface area contributed by atoms with Gasteiger partial charge in [-0.2, -0.15) is 0 Å². The minimum absolute atomic E-state index is 0.0253. The van der Waals surface area contributed by atoms with Crippen molar-refractivity contribution in [3.05, 3.63) is 64.3 Å². The highest BCUT2D eigenvalue weighted by Gasteiger charge is 2.31. The van der Waals surface area contributed by atoms with Gasteiger partial charge in [-0.05, 0) is 61.2 Å². The number of hydrogen-bond acceptors (Lipinski definition) is 3. The SMILES string of the molecule is COc1cccc(CC2CCCN2C(=O)c2cc3cc(Br)ccc3o2)c1. The van der Waals surface area contributed by atoms with Gasteiger partial charge in [0, 0.05) is 22.4 Å². The number of ether oxygens (including phenoxy) is 1. The molecule has 4 rings (SSSR count). The molecule has 0 spiro atoms. The van der Waals surface area contributed by atoms with Crippen LogP contribution in [0.2, 0.25) is 0 Å². The number of furan rings is 1. The molecule has 134 valence electrons. The quantitative estimate of drug-likeness (QED) is 0.600. The summed E-state index contributed by atoms with van der Waals surface area (Å²) in [5.74, 6) is 1.24.